The average Bonchev–Trinajstić information content (AvgIpc) is 2.80. The minimum Gasteiger partial charge on any atom is -0.380 e. The minimum atomic E-state index is 0.108. The van der Waals surface area contributed by atoms with Crippen LogP contribution in [-0.2, 0) is 11.3 Å². The van der Waals surface area contributed by atoms with Crippen molar-refractivity contribution >= 4 is 21.6 Å². The fraction of sp³-hybridized carbons (Fsp3) is 0.294. The summed E-state index contributed by atoms with van der Waals surface area (Å²) in [4.78, 5) is 0. The molecule has 0 fully saturated rings. The van der Waals surface area contributed by atoms with Gasteiger partial charge in [0.2, 0.25) is 0 Å². The molecule has 3 N–H and O–H groups in total. The molecule has 2 unspecified atom stereocenters. The van der Waals surface area contributed by atoms with Gasteiger partial charge in [0.15, 0.2) is 0 Å². The van der Waals surface area contributed by atoms with E-state index < -0.39 is 0 Å². The number of anilines is 1. The van der Waals surface area contributed by atoms with Gasteiger partial charge in [0, 0.05) is 28.9 Å². The molecule has 2 aromatic rings. The summed E-state index contributed by atoms with van der Waals surface area (Å²) in [6.45, 7) is 0.574. The van der Waals surface area contributed by atoms with Crippen LogP contribution in [0.3, 0.4) is 0 Å². The van der Waals surface area contributed by atoms with Crippen LogP contribution in [0.15, 0.2) is 46.9 Å². The number of ether oxygens (including phenoxy) is 1. The predicted octanol–water partition coefficient (Wildman–Crippen LogP) is 4.15. The topological polar surface area (TPSA) is 47.3 Å². The molecule has 4 heteroatoms. The summed E-state index contributed by atoms with van der Waals surface area (Å²) in [7, 11) is 1.71. The molecular formula is C17H19BrN2O. The number of nitrogens with two attached hydrogens (primary N) is 1. The Balaban J connectivity index is 1.90. The molecule has 0 radical (unpaired) electrons. The van der Waals surface area contributed by atoms with Crippen molar-refractivity contribution in [3.05, 3.63) is 63.6 Å². The Hall–Kier alpha value is -1.36. The van der Waals surface area contributed by atoms with Crippen LogP contribution in [0.25, 0.3) is 0 Å². The molecule has 1 aliphatic rings. The molecule has 0 aliphatic heterocycles. The lowest BCUT2D eigenvalue weighted by atomic mass is 10.1. The zero-order valence-corrected chi connectivity index (χ0v) is 13.6. The van der Waals surface area contributed by atoms with Crippen molar-refractivity contribution < 1.29 is 4.74 Å². The van der Waals surface area contributed by atoms with Gasteiger partial charge in [-0.15, -0.1) is 0 Å². The molecule has 0 aromatic heterocycles. The SMILES string of the molecule is COCc1c(Br)cccc1NC1CC(N)c2ccccc21. The summed E-state index contributed by atoms with van der Waals surface area (Å²) in [5, 5.41) is 3.63. The Kier molecular flexibility index (Phi) is 4.29. The summed E-state index contributed by atoms with van der Waals surface area (Å²) >= 11 is 3.60. The first-order valence-electron chi connectivity index (χ1n) is 7.08. The van der Waals surface area contributed by atoms with Crippen molar-refractivity contribution in [2.45, 2.75) is 25.1 Å². The highest BCUT2D eigenvalue weighted by Crippen LogP contribution is 2.40. The molecule has 2 atom stereocenters. The fourth-order valence-corrected chi connectivity index (χ4v) is 3.46. The second-order valence-corrected chi connectivity index (χ2v) is 6.22. The number of methoxy groups -OCH3 is 1. The smallest absolute Gasteiger partial charge is 0.0744 e. The van der Waals surface area contributed by atoms with E-state index in [1.54, 1.807) is 7.11 Å². The van der Waals surface area contributed by atoms with E-state index in [-0.39, 0.29) is 12.1 Å². The maximum Gasteiger partial charge on any atom is 0.0744 e. The highest BCUT2D eigenvalue weighted by Gasteiger charge is 2.28. The first kappa shape index (κ1) is 14.6. The third-order valence-corrected chi connectivity index (χ3v) is 4.74. The molecule has 21 heavy (non-hydrogen) atoms. The lowest BCUT2D eigenvalue weighted by Crippen LogP contribution is -2.11. The Morgan fingerprint density at radius 3 is 2.71 bits per heavy atom. The quantitative estimate of drug-likeness (QED) is 0.873. The number of hydrogen-bond donors (Lipinski definition) is 2. The van der Waals surface area contributed by atoms with Crippen LogP contribution < -0.4 is 11.1 Å². The molecular weight excluding hydrogens is 328 g/mol. The van der Waals surface area contributed by atoms with Gasteiger partial charge in [-0.1, -0.05) is 46.3 Å². The molecule has 0 spiro atoms. The number of fused-ring (bicyclic) bond motifs is 1. The summed E-state index contributed by atoms with van der Waals surface area (Å²) < 4.78 is 6.37. The zero-order valence-electron chi connectivity index (χ0n) is 12.0. The summed E-state index contributed by atoms with van der Waals surface area (Å²) in [5.41, 5.74) is 11.0. The van der Waals surface area contributed by atoms with Crippen LogP contribution >= 0.6 is 15.9 Å². The van der Waals surface area contributed by atoms with Gasteiger partial charge >= 0.3 is 0 Å². The van der Waals surface area contributed by atoms with E-state index in [1.165, 1.54) is 11.1 Å². The number of hydrogen-bond acceptors (Lipinski definition) is 3. The highest BCUT2D eigenvalue weighted by molar-refractivity contribution is 9.10. The molecule has 3 rings (SSSR count). The monoisotopic (exact) mass is 346 g/mol. The third-order valence-electron chi connectivity index (χ3n) is 4.00. The van der Waals surface area contributed by atoms with Gasteiger partial charge in [-0.25, -0.2) is 0 Å². The van der Waals surface area contributed by atoms with Crippen molar-refractivity contribution in [3.63, 3.8) is 0 Å². The van der Waals surface area contributed by atoms with Gasteiger partial charge < -0.3 is 15.8 Å². The standard InChI is InChI=1S/C17H19BrN2O/c1-21-10-13-14(18)7-4-8-16(13)20-17-9-15(19)11-5-2-3-6-12(11)17/h2-8,15,17,20H,9-10,19H2,1H3. The van der Waals surface area contributed by atoms with Crippen LogP contribution in [0.2, 0.25) is 0 Å². The van der Waals surface area contributed by atoms with Gasteiger partial charge in [-0.3, -0.25) is 0 Å². The number of benzene rings is 2. The summed E-state index contributed by atoms with van der Waals surface area (Å²) in [6.07, 6.45) is 0.915. The van der Waals surface area contributed by atoms with E-state index in [9.17, 15) is 0 Å². The van der Waals surface area contributed by atoms with Gasteiger partial charge in [0.25, 0.3) is 0 Å². The van der Waals surface area contributed by atoms with Crippen LogP contribution in [0.4, 0.5) is 5.69 Å². The Morgan fingerprint density at radius 1 is 1.19 bits per heavy atom. The summed E-state index contributed by atoms with van der Waals surface area (Å²) in [5.74, 6) is 0. The van der Waals surface area contributed by atoms with E-state index in [1.807, 2.05) is 12.1 Å². The van der Waals surface area contributed by atoms with E-state index in [0.29, 0.717) is 6.61 Å². The zero-order chi connectivity index (χ0) is 14.8. The van der Waals surface area contributed by atoms with Crippen molar-refractivity contribution in [1.29, 1.82) is 0 Å². The number of nitrogens with one attached hydrogen (secondary N) is 1. The Bertz CT molecular complexity index is 644. The van der Waals surface area contributed by atoms with Crippen molar-refractivity contribution in [3.8, 4) is 0 Å². The first-order chi connectivity index (χ1) is 10.2. The van der Waals surface area contributed by atoms with Crippen LogP contribution in [0.5, 0.6) is 0 Å². The second kappa shape index (κ2) is 6.18. The highest BCUT2D eigenvalue weighted by atomic mass is 79.9. The van der Waals surface area contributed by atoms with Crippen molar-refractivity contribution in [1.82, 2.24) is 0 Å². The van der Waals surface area contributed by atoms with E-state index >= 15 is 0 Å². The molecule has 0 amide bonds. The summed E-state index contributed by atoms with van der Waals surface area (Å²) in [6, 6.07) is 14.9. The lowest BCUT2D eigenvalue weighted by molar-refractivity contribution is 0.185. The van der Waals surface area contributed by atoms with E-state index in [2.05, 4.69) is 51.6 Å². The van der Waals surface area contributed by atoms with Gasteiger partial charge in [0.05, 0.1) is 12.6 Å². The van der Waals surface area contributed by atoms with Crippen molar-refractivity contribution in [2.75, 3.05) is 12.4 Å². The van der Waals surface area contributed by atoms with Crippen LogP contribution in [0, 0.1) is 0 Å². The van der Waals surface area contributed by atoms with Crippen molar-refractivity contribution in [2.24, 2.45) is 5.73 Å². The predicted molar refractivity (Wildman–Crippen MR) is 89.2 cm³/mol. The molecule has 1 aliphatic carbocycles. The minimum absolute atomic E-state index is 0.108. The Labute approximate surface area is 133 Å². The van der Waals surface area contributed by atoms with Gasteiger partial charge in [-0.2, -0.15) is 0 Å². The van der Waals surface area contributed by atoms with Gasteiger partial charge in [-0.05, 0) is 29.7 Å². The third kappa shape index (κ3) is 2.84. The maximum absolute atomic E-state index is 6.24. The normalized spacial score (nSPS) is 20.3. The Morgan fingerprint density at radius 2 is 1.95 bits per heavy atom. The van der Waals surface area contributed by atoms with Crippen LogP contribution in [-0.4, -0.2) is 7.11 Å². The molecule has 0 heterocycles. The average molecular weight is 347 g/mol. The largest absolute Gasteiger partial charge is 0.380 e. The number of halogens is 1. The molecule has 0 bridgehead atoms. The molecule has 0 saturated carbocycles. The lowest BCUT2D eigenvalue weighted by Gasteiger charge is -2.19. The first-order valence-corrected chi connectivity index (χ1v) is 7.87. The van der Waals surface area contributed by atoms with E-state index in [4.69, 9.17) is 10.5 Å². The van der Waals surface area contributed by atoms with Crippen LogP contribution in [0.1, 0.15) is 35.2 Å². The van der Waals surface area contributed by atoms with E-state index in [0.717, 1.165) is 22.1 Å². The number of rotatable bonds is 4. The second-order valence-electron chi connectivity index (χ2n) is 5.37. The molecule has 110 valence electrons. The molecule has 0 saturated heterocycles. The molecule has 3 nitrogen and oxygen atoms in total. The maximum atomic E-state index is 6.24. The molecule has 2 aromatic carbocycles. The van der Waals surface area contributed by atoms with Gasteiger partial charge in [0.1, 0.15) is 0 Å². The fourth-order valence-electron chi connectivity index (χ4n) is 2.98.